The van der Waals surface area contributed by atoms with Gasteiger partial charge in [0.05, 0.1) is 15.2 Å². The van der Waals surface area contributed by atoms with E-state index in [0.29, 0.717) is 31.6 Å². The molecule has 1 saturated heterocycles. The molecule has 6 nitrogen and oxygen atoms in total. The van der Waals surface area contributed by atoms with Crippen molar-refractivity contribution in [2.24, 2.45) is 0 Å². The Balaban J connectivity index is 0.00000208. The molecule has 2 aromatic rings. The minimum absolute atomic E-state index is 0. The van der Waals surface area contributed by atoms with E-state index in [1.807, 2.05) is 19.1 Å². The summed E-state index contributed by atoms with van der Waals surface area (Å²) in [5, 5.41) is 6.85. The fourth-order valence-corrected chi connectivity index (χ4v) is 5.16. The van der Waals surface area contributed by atoms with Gasteiger partial charge >= 0.3 is 0 Å². The third-order valence-electron chi connectivity index (χ3n) is 4.29. The number of carbonyl (C=O) groups is 1. The molecule has 0 radical (unpaired) electrons. The number of carbonyl (C=O) groups excluding carboxylic acids is 1. The molecule has 2 heterocycles. The van der Waals surface area contributed by atoms with Crippen LogP contribution in [0.3, 0.4) is 0 Å². The molecule has 0 unspecified atom stereocenters. The molecule has 0 saturated carbocycles. The SMILES string of the molecule is Cc1nc2ccc(NC(=O)C3(S(C)(=O)=O)CCNCC3)cc2s1.Cl. The zero-order valence-electron chi connectivity index (χ0n) is 13.5. The largest absolute Gasteiger partial charge is 0.325 e. The maximum absolute atomic E-state index is 12.7. The predicted octanol–water partition coefficient (Wildman–Crippen LogP) is 2.13. The van der Waals surface area contributed by atoms with Crippen molar-refractivity contribution in [3.05, 3.63) is 23.2 Å². The summed E-state index contributed by atoms with van der Waals surface area (Å²) < 4.78 is 24.1. The quantitative estimate of drug-likeness (QED) is 0.839. The van der Waals surface area contributed by atoms with Crippen molar-refractivity contribution in [1.29, 1.82) is 0 Å². The van der Waals surface area contributed by atoms with Crippen LogP contribution in [0.4, 0.5) is 5.69 Å². The first-order valence-electron chi connectivity index (χ1n) is 7.41. The van der Waals surface area contributed by atoms with Crippen LogP contribution in [0.5, 0.6) is 0 Å². The second kappa shape index (κ2) is 6.95. The van der Waals surface area contributed by atoms with E-state index in [1.54, 1.807) is 17.4 Å². The number of nitrogens with one attached hydrogen (secondary N) is 2. The van der Waals surface area contributed by atoms with Crippen LogP contribution in [0, 0.1) is 6.92 Å². The summed E-state index contributed by atoms with van der Waals surface area (Å²) in [5.74, 6) is -0.443. The number of anilines is 1. The van der Waals surface area contributed by atoms with Crippen LogP contribution < -0.4 is 10.6 Å². The van der Waals surface area contributed by atoms with Crippen molar-refractivity contribution in [1.82, 2.24) is 10.3 Å². The molecule has 132 valence electrons. The summed E-state index contributed by atoms with van der Waals surface area (Å²) >= 11 is 1.54. The average Bonchev–Trinajstić information content (AvgIpc) is 2.86. The number of aryl methyl sites for hydroxylation is 1. The van der Waals surface area contributed by atoms with Crippen LogP contribution in [0.15, 0.2) is 18.2 Å². The molecule has 2 N–H and O–H groups in total. The monoisotopic (exact) mass is 389 g/mol. The number of hydrogen-bond acceptors (Lipinski definition) is 6. The number of aromatic nitrogens is 1. The normalized spacial score (nSPS) is 17.2. The standard InChI is InChI=1S/C15H19N3O3S2.ClH/c1-10-17-12-4-3-11(9-13(12)22-10)18-14(19)15(23(2,20)21)5-7-16-8-6-15;/h3-4,9,16H,5-8H2,1-2H3,(H,18,19);1H. The fraction of sp³-hybridized carbons (Fsp3) is 0.467. The maximum atomic E-state index is 12.7. The van der Waals surface area contributed by atoms with Gasteiger partial charge < -0.3 is 10.6 Å². The summed E-state index contributed by atoms with van der Waals surface area (Å²) in [7, 11) is -3.51. The lowest BCUT2D eigenvalue weighted by molar-refractivity contribution is -0.119. The van der Waals surface area contributed by atoms with E-state index in [4.69, 9.17) is 0 Å². The van der Waals surface area contributed by atoms with Crippen molar-refractivity contribution in [2.75, 3.05) is 24.7 Å². The number of hydrogen-bond donors (Lipinski definition) is 2. The Hall–Kier alpha value is -1.22. The summed E-state index contributed by atoms with van der Waals surface area (Å²) in [5.41, 5.74) is 1.48. The molecule has 0 spiro atoms. The molecule has 1 aliphatic rings. The van der Waals surface area contributed by atoms with Gasteiger partial charge in [0, 0.05) is 11.9 Å². The van der Waals surface area contributed by atoms with E-state index in [9.17, 15) is 13.2 Å². The highest BCUT2D eigenvalue weighted by Gasteiger charge is 2.48. The molecule has 1 aliphatic heterocycles. The highest BCUT2D eigenvalue weighted by molar-refractivity contribution is 7.92. The molecule has 0 atom stereocenters. The van der Waals surface area contributed by atoms with Crippen LogP contribution in [-0.4, -0.2) is 43.4 Å². The zero-order chi connectivity index (χ0) is 16.7. The number of nitrogens with zero attached hydrogens (tertiary/aromatic N) is 1. The van der Waals surface area contributed by atoms with E-state index < -0.39 is 20.5 Å². The Morgan fingerprint density at radius 3 is 2.62 bits per heavy atom. The highest BCUT2D eigenvalue weighted by atomic mass is 35.5. The lowest BCUT2D eigenvalue weighted by atomic mass is 9.95. The Morgan fingerprint density at radius 2 is 2.00 bits per heavy atom. The number of thiazole rings is 1. The lowest BCUT2D eigenvalue weighted by Crippen LogP contribution is -2.55. The Kier molecular flexibility index (Phi) is 5.54. The molecule has 3 rings (SSSR count). The molecular formula is C15H20ClN3O3S2. The number of halogens is 1. The van der Waals surface area contributed by atoms with E-state index in [2.05, 4.69) is 15.6 Å². The fourth-order valence-electron chi connectivity index (χ4n) is 2.96. The second-order valence-electron chi connectivity index (χ2n) is 5.89. The molecule has 1 aromatic carbocycles. The number of sulfone groups is 1. The summed E-state index contributed by atoms with van der Waals surface area (Å²) in [6, 6.07) is 5.44. The van der Waals surface area contributed by atoms with Crippen molar-refractivity contribution < 1.29 is 13.2 Å². The number of piperidine rings is 1. The van der Waals surface area contributed by atoms with Gasteiger partial charge in [0.2, 0.25) is 5.91 Å². The molecule has 9 heteroatoms. The predicted molar refractivity (Wildman–Crippen MR) is 99.9 cm³/mol. The number of fused-ring (bicyclic) bond motifs is 1. The molecule has 1 fully saturated rings. The van der Waals surface area contributed by atoms with Gasteiger partial charge in [0.1, 0.15) is 0 Å². The number of benzene rings is 1. The second-order valence-corrected chi connectivity index (χ2v) is 9.45. The van der Waals surface area contributed by atoms with Gasteiger partial charge in [-0.05, 0) is 51.1 Å². The van der Waals surface area contributed by atoms with Gasteiger partial charge in [0.25, 0.3) is 0 Å². The van der Waals surface area contributed by atoms with Crippen molar-refractivity contribution in [3.63, 3.8) is 0 Å². The van der Waals surface area contributed by atoms with E-state index in [-0.39, 0.29) is 12.4 Å². The maximum Gasteiger partial charge on any atom is 0.245 e. The lowest BCUT2D eigenvalue weighted by Gasteiger charge is -2.34. The van der Waals surface area contributed by atoms with Gasteiger partial charge in [-0.3, -0.25) is 4.79 Å². The first-order chi connectivity index (χ1) is 10.8. The minimum atomic E-state index is -3.51. The van der Waals surface area contributed by atoms with Gasteiger partial charge in [-0.1, -0.05) is 0 Å². The topological polar surface area (TPSA) is 88.2 Å². The first kappa shape index (κ1) is 19.1. The van der Waals surface area contributed by atoms with Gasteiger partial charge in [0.15, 0.2) is 14.6 Å². The van der Waals surface area contributed by atoms with Crippen molar-refractivity contribution in [3.8, 4) is 0 Å². The van der Waals surface area contributed by atoms with Crippen molar-refractivity contribution >= 4 is 55.4 Å². The Morgan fingerprint density at radius 1 is 1.33 bits per heavy atom. The molecule has 0 bridgehead atoms. The summed E-state index contributed by atoms with van der Waals surface area (Å²) in [4.78, 5) is 17.1. The average molecular weight is 390 g/mol. The smallest absolute Gasteiger partial charge is 0.245 e. The summed E-state index contributed by atoms with van der Waals surface area (Å²) in [6.07, 6.45) is 1.73. The van der Waals surface area contributed by atoms with Crippen molar-refractivity contribution in [2.45, 2.75) is 24.5 Å². The molecule has 0 aliphatic carbocycles. The third kappa shape index (κ3) is 3.42. The molecular weight excluding hydrogens is 370 g/mol. The molecule has 1 amide bonds. The van der Waals surface area contributed by atoms with Crippen LogP contribution in [-0.2, 0) is 14.6 Å². The van der Waals surface area contributed by atoms with E-state index in [0.717, 1.165) is 21.5 Å². The summed E-state index contributed by atoms with van der Waals surface area (Å²) in [6.45, 7) is 2.97. The Bertz CT molecular complexity index is 858. The van der Waals surface area contributed by atoms with Gasteiger partial charge in [-0.15, -0.1) is 23.7 Å². The van der Waals surface area contributed by atoms with Gasteiger partial charge in [-0.25, -0.2) is 13.4 Å². The number of amides is 1. The zero-order valence-corrected chi connectivity index (χ0v) is 15.9. The van der Waals surface area contributed by atoms with Crippen LogP contribution in [0.2, 0.25) is 0 Å². The first-order valence-corrected chi connectivity index (χ1v) is 10.1. The third-order valence-corrected chi connectivity index (χ3v) is 7.23. The minimum Gasteiger partial charge on any atom is -0.325 e. The van der Waals surface area contributed by atoms with Crippen LogP contribution >= 0.6 is 23.7 Å². The number of rotatable bonds is 3. The molecule has 1 aromatic heterocycles. The van der Waals surface area contributed by atoms with Gasteiger partial charge in [-0.2, -0.15) is 0 Å². The molecule has 24 heavy (non-hydrogen) atoms. The Labute approximate surface area is 151 Å². The van der Waals surface area contributed by atoms with Crippen LogP contribution in [0.25, 0.3) is 10.2 Å². The highest BCUT2D eigenvalue weighted by Crippen LogP contribution is 2.30. The van der Waals surface area contributed by atoms with Crippen LogP contribution in [0.1, 0.15) is 17.8 Å². The van der Waals surface area contributed by atoms with E-state index >= 15 is 0 Å². The van der Waals surface area contributed by atoms with E-state index in [1.165, 1.54) is 0 Å².